The third kappa shape index (κ3) is 4.23. The van der Waals surface area contributed by atoms with Gasteiger partial charge in [0.1, 0.15) is 11.5 Å². The summed E-state index contributed by atoms with van der Waals surface area (Å²) in [5.41, 5.74) is 1.76. The molecule has 0 fully saturated rings. The molecule has 0 atom stereocenters. The summed E-state index contributed by atoms with van der Waals surface area (Å²) < 4.78 is 5.92. The zero-order valence-corrected chi connectivity index (χ0v) is 14.6. The van der Waals surface area contributed by atoms with Crippen LogP contribution >= 0.6 is 0 Å². The molecule has 0 aliphatic carbocycles. The predicted molar refractivity (Wildman–Crippen MR) is 98.5 cm³/mol. The fourth-order valence-corrected chi connectivity index (χ4v) is 3.26. The van der Waals surface area contributed by atoms with Crippen molar-refractivity contribution in [1.82, 2.24) is 5.32 Å². The maximum absolute atomic E-state index is 12.9. The SMILES string of the molecule is O=C(O)CCCCCCNC(=O)C1c2ccccc2Oc2ccccc21. The molecule has 1 amide bonds. The number of carbonyl (C=O) groups is 2. The highest BCUT2D eigenvalue weighted by Gasteiger charge is 2.31. The summed E-state index contributed by atoms with van der Waals surface area (Å²) >= 11 is 0. The molecule has 2 N–H and O–H groups in total. The van der Waals surface area contributed by atoms with Crippen molar-refractivity contribution in [3.05, 3.63) is 59.7 Å². The quantitative estimate of drug-likeness (QED) is 0.701. The Balaban J connectivity index is 1.60. The molecule has 0 bridgehead atoms. The van der Waals surface area contributed by atoms with Gasteiger partial charge in [-0.3, -0.25) is 9.59 Å². The van der Waals surface area contributed by atoms with Crippen molar-refractivity contribution in [2.24, 2.45) is 0 Å². The molecule has 0 saturated carbocycles. The number of carbonyl (C=O) groups excluding carboxylic acids is 1. The van der Waals surface area contributed by atoms with Crippen LogP contribution in [0, 0.1) is 0 Å². The maximum Gasteiger partial charge on any atom is 0.303 e. The number of carboxylic acids is 1. The van der Waals surface area contributed by atoms with Gasteiger partial charge in [-0.25, -0.2) is 0 Å². The van der Waals surface area contributed by atoms with E-state index in [2.05, 4.69) is 5.32 Å². The minimum absolute atomic E-state index is 0.0289. The number of ether oxygens (including phenoxy) is 1. The number of aliphatic carboxylic acids is 1. The normalized spacial score (nSPS) is 12.6. The molecule has 2 aromatic rings. The van der Waals surface area contributed by atoms with E-state index in [0.717, 1.165) is 41.9 Å². The summed E-state index contributed by atoms with van der Waals surface area (Å²) in [6.07, 6.45) is 3.52. The highest BCUT2D eigenvalue weighted by Crippen LogP contribution is 2.43. The van der Waals surface area contributed by atoms with Crippen LogP contribution in [0.15, 0.2) is 48.5 Å². The Morgan fingerprint density at radius 2 is 1.46 bits per heavy atom. The van der Waals surface area contributed by atoms with Gasteiger partial charge in [0.05, 0.1) is 5.92 Å². The van der Waals surface area contributed by atoms with Crippen molar-refractivity contribution in [3.8, 4) is 11.5 Å². The number of carboxylic acid groups (broad SMARTS) is 1. The van der Waals surface area contributed by atoms with Crippen molar-refractivity contribution in [1.29, 1.82) is 0 Å². The number of nitrogens with one attached hydrogen (secondary N) is 1. The number of benzene rings is 2. The molecule has 5 heteroatoms. The fourth-order valence-electron chi connectivity index (χ4n) is 3.26. The third-order valence-corrected chi connectivity index (χ3v) is 4.56. The summed E-state index contributed by atoms with van der Waals surface area (Å²) in [7, 11) is 0. The Morgan fingerprint density at radius 3 is 2.08 bits per heavy atom. The summed E-state index contributed by atoms with van der Waals surface area (Å²) in [5, 5.41) is 11.6. The summed E-state index contributed by atoms with van der Waals surface area (Å²) in [6, 6.07) is 15.3. The lowest BCUT2D eigenvalue weighted by Gasteiger charge is -2.27. The van der Waals surface area contributed by atoms with Crippen LogP contribution in [0.3, 0.4) is 0 Å². The van der Waals surface area contributed by atoms with E-state index in [1.807, 2.05) is 48.5 Å². The average molecular weight is 353 g/mol. The van der Waals surface area contributed by atoms with E-state index in [0.29, 0.717) is 13.0 Å². The Hall–Kier alpha value is -2.82. The fraction of sp³-hybridized carbons (Fsp3) is 0.333. The van der Waals surface area contributed by atoms with Crippen molar-refractivity contribution >= 4 is 11.9 Å². The highest BCUT2D eigenvalue weighted by atomic mass is 16.5. The smallest absolute Gasteiger partial charge is 0.303 e. The second kappa shape index (κ2) is 8.52. The van der Waals surface area contributed by atoms with Crippen LogP contribution in [0.2, 0.25) is 0 Å². The topological polar surface area (TPSA) is 75.6 Å². The number of unbranched alkanes of at least 4 members (excludes halogenated alkanes) is 3. The van der Waals surface area contributed by atoms with E-state index in [-0.39, 0.29) is 18.2 Å². The molecule has 0 unspecified atom stereocenters. The minimum atomic E-state index is -0.754. The molecule has 0 saturated heterocycles. The van der Waals surface area contributed by atoms with Gasteiger partial charge in [-0.2, -0.15) is 0 Å². The molecule has 0 radical (unpaired) electrons. The number of rotatable bonds is 8. The van der Waals surface area contributed by atoms with Crippen LogP contribution < -0.4 is 10.1 Å². The van der Waals surface area contributed by atoms with Gasteiger partial charge < -0.3 is 15.2 Å². The molecule has 0 spiro atoms. The number of hydrogen-bond donors (Lipinski definition) is 2. The van der Waals surface area contributed by atoms with Gasteiger partial charge in [0.15, 0.2) is 0 Å². The molecule has 26 heavy (non-hydrogen) atoms. The van der Waals surface area contributed by atoms with Gasteiger partial charge >= 0.3 is 5.97 Å². The van der Waals surface area contributed by atoms with E-state index in [1.165, 1.54) is 0 Å². The van der Waals surface area contributed by atoms with Gasteiger partial charge in [-0.15, -0.1) is 0 Å². The van der Waals surface area contributed by atoms with Gasteiger partial charge in [0, 0.05) is 24.1 Å². The summed E-state index contributed by atoms with van der Waals surface area (Å²) in [6.45, 7) is 0.591. The van der Waals surface area contributed by atoms with E-state index < -0.39 is 5.97 Å². The molecule has 0 aromatic heterocycles. The average Bonchev–Trinajstić information content (AvgIpc) is 2.64. The molecular weight excluding hydrogens is 330 g/mol. The second-order valence-corrected chi connectivity index (χ2v) is 6.46. The van der Waals surface area contributed by atoms with Gasteiger partial charge in [-0.05, 0) is 25.0 Å². The highest BCUT2D eigenvalue weighted by molar-refractivity contribution is 5.89. The van der Waals surface area contributed by atoms with Crippen molar-refractivity contribution in [3.63, 3.8) is 0 Å². The zero-order chi connectivity index (χ0) is 18.4. The Morgan fingerprint density at radius 1 is 0.885 bits per heavy atom. The standard InChI is InChI=1S/C21H23NO4/c23-19(24)13-3-1-2-8-14-22-21(25)20-15-9-4-6-11-17(15)26-18-12-7-5-10-16(18)20/h4-7,9-12,20H,1-3,8,13-14H2,(H,22,25)(H,23,24). The number of fused-ring (bicyclic) bond motifs is 2. The van der Waals surface area contributed by atoms with Gasteiger partial charge in [0.25, 0.3) is 0 Å². The zero-order valence-electron chi connectivity index (χ0n) is 14.6. The first-order valence-corrected chi connectivity index (χ1v) is 9.02. The first kappa shape index (κ1) is 18.0. The largest absolute Gasteiger partial charge is 0.481 e. The summed E-state index contributed by atoms with van der Waals surface area (Å²) in [5.74, 6) is 0.289. The monoisotopic (exact) mass is 353 g/mol. The molecule has 5 nitrogen and oxygen atoms in total. The van der Waals surface area contributed by atoms with E-state index in [9.17, 15) is 9.59 Å². The van der Waals surface area contributed by atoms with E-state index in [1.54, 1.807) is 0 Å². The lowest BCUT2D eigenvalue weighted by molar-refractivity contribution is -0.137. The van der Waals surface area contributed by atoms with E-state index in [4.69, 9.17) is 9.84 Å². The van der Waals surface area contributed by atoms with Crippen LogP contribution in [0.5, 0.6) is 11.5 Å². The lowest BCUT2D eigenvalue weighted by Crippen LogP contribution is -2.32. The minimum Gasteiger partial charge on any atom is -0.481 e. The molecule has 2 aromatic carbocycles. The molecule has 1 heterocycles. The molecule has 1 aliphatic rings. The summed E-state index contributed by atoms with van der Waals surface area (Å²) in [4.78, 5) is 23.3. The maximum atomic E-state index is 12.9. The van der Waals surface area contributed by atoms with Crippen molar-refractivity contribution < 1.29 is 19.4 Å². The number of para-hydroxylation sites is 2. The van der Waals surface area contributed by atoms with Gasteiger partial charge in [-0.1, -0.05) is 49.2 Å². The first-order valence-electron chi connectivity index (χ1n) is 9.02. The lowest BCUT2D eigenvalue weighted by atomic mass is 9.87. The molecule has 1 aliphatic heterocycles. The Labute approximate surface area is 153 Å². The Bertz CT molecular complexity index is 742. The first-order chi connectivity index (χ1) is 12.7. The van der Waals surface area contributed by atoms with Gasteiger partial charge in [0.2, 0.25) is 5.91 Å². The van der Waals surface area contributed by atoms with Crippen LogP contribution in [0.1, 0.15) is 49.1 Å². The third-order valence-electron chi connectivity index (χ3n) is 4.56. The molecule has 136 valence electrons. The van der Waals surface area contributed by atoms with E-state index >= 15 is 0 Å². The predicted octanol–water partition coefficient (Wildman–Crippen LogP) is 4.08. The van der Waals surface area contributed by atoms with Crippen molar-refractivity contribution in [2.45, 2.75) is 38.0 Å². The van der Waals surface area contributed by atoms with Crippen LogP contribution in [0.25, 0.3) is 0 Å². The number of amides is 1. The van der Waals surface area contributed by atoms with Crippen LogP contribution in [-0.2, 0) is 9.59 Å². The number of hydrogen-bond acceptors (Lipinski definition) is 3. The molecular formula is C21H23NO4. The van der Waals surface area contributed by atoms with Crippen molar-refractivity contribution in [2.75, 3.05) is 6.54 Å². The van der Waals surface area contributed by atoms with Crippen LogP contribution in [0.4, 0.5) is 0 Å². The molecule has 3 rings (SSSR count). The Kier molecular flexibility index (Phi) is 5.89. The second-order valence-electron chi connectivity index (χ2n) is 6.46. The van der Waals surface area contributed by atoms with Crippen LogP contribution in [-0.4, -0.2) is 23.5 Å².